The standard InChI is InChI=1S/C8H8ClFN2O/c1-3-6(9)4(8(12)13)2-5(11)7(3)10/h2H,11H2,1H3,(H2,12,13). The molecule has 70 valence electrons. The molecule has 0 fully saturated rings. The van der Waals surface area contributed by atoms with Crippen molar-refractivity contribution < 1.29 is 9.18 Å². The van der Waals surface area contributed by atoms with E-state index in [9.17, 15) is 9.18 Å². The lowest BCUT2D eigenvalue weighted by Gasteiger charge is -2.06. The highest BCUT2D eigenvalue weighted by atomic mass is 35.5. The van der Waals surface area contributed by atoms with Gasteiger partial charge in [-0.2, -0.15) is 0 Å². The zero-order chi connectivity index (χ0) is 10.2. The maximum Gasteiger partial charge on any atom is 0.250 e. The molecule has 0 bridgehead atoms. The van der Waals surface area contributed by atoms with E-state index in [1.54, 1.807) is 0 Å². The Morgan fingerprint density at radius 1 is 1.62 bits per heavy atom. The van der Waals surface area contributed by atoms with Gasteiger partial charge in [-0.05, 0) is 13.0 Å². The maximum absolute atomic E-state index is 13.1. The maximum atomic E-state index is 13.1. The number of hydrogen-bond donors (Lipinski definition) is 2. The normalized spacial score (nSPS) is 10.1. The fourth-order valence-corrected chi connectivity index (χ4v) is 1.21. The van der Waals surface area contributed by atoms with Gasteiger partial charge in [0.05, 0.1) is 16.3 Å². The van der Waals surface area contributed by atoms with Crippen LogP contribution in [-0.4, -0.2) is 5.91 Å². The Labute approximate surface area is 79.5 Å². The van der Waals surface area contributed by atoms with Crippen molar-refractivity contribution in [2.75, 3.05) is 5.73 Å². The molecular weight excluding hydrogens is 195 g/mol. The van der Waals surface area contributed by atoms with Crippen LogP contribution in [0.1, 0.15) is 15.9 Å². The number of halogens is 2. The van der Waals surface area contributed by atoms with Crippen LogP contribution in [0.15, 0.2) is 6.07 Å². The van der Waals surface area contributed by atoms with E-state index in [0.29, 0.717) is 0 Å². The van der Waals surface area contributed by atoms with Crippen LogP contribution in [0.25, 0.3) is 0 Å². The van der Waals surface area contributed by atoms with Crippen molar-refractivity contribution in [1.82, 2.24) is 0 Å². The van der Waals surface area contributed by atoms with Gasteiger partial charge in [-0.1, -0.05) is 11.6 Å². The summed E-state index contributed by atoms with van der Waals surface area (Å²) in [4.78, 5) is 10.8. The first-order valence-electron chi connectivity index (χ1n) is 3.49. The number of carbonyl (C=O) groups is 1. The van der Waals surface area contributed by atoms with Gasteiger partial charge in [-0.15, -0.1) is 0 Å². The molecule has 0 saturated carbocycles. The minimum absolute atomic E-state index is 0.0131. The molecular formula is C8H8ClFN2O. The molecule has 0 aromatic heterocycles. The summed E-state index contributed by atoms with van der Waals surface area (Å²) in [6.45, 7) is 1.43. The number of benzene rings is 1. The van der Waals surface area contributed by atoms with Crippen LogP contribution in [0.3, 0.4) is 0 Å². The molecule has 0 aliphatic heterocycles. The van der Waals surface area contributed by atoms with Crippen molar-refractivity contribution in [1.29, 1.82) is 0 Å². The first-order chi connectivity index (χ1) is 5.95. The second kappa shape index (κ2) is 3.22. The zero-order valence-electron chi connectivity index (χ0n) is 6.90. The molecule has 1 amide bonds. The van der Waals surface area contributed by atoms with Crippen LogP contribution in [-0.2, 0) is 0 Å². The van der Waals surface area contributed by atoms with E-state index in [0.717, 1.165) is 6.07 Å². The number of anilines is 1. The largest absolute Gasteiger partial charge is 0.396 e. The Balaban J connectivity index is 3.50. The summed E-state index contributed by atoms with van der Waals surface area (Å²) in [6.07, 6.45) is 0. The van der Waals surface area contributed by atoms with Crippen LogP contribution in [0.5, 0.6) is 0 Å². The predicted octanol–water partition coefficient (Wildman–Crippen LogP) is 1.47. The number of hydrogen-bond acceptors (Lipinski definition) is 2. The summed E-state index contributed by atoms with van der Waals surface area (Å²) in [5, 5.41) is 0.0131. The third-order valence-electron chi connectivity index (χ3n) is 1.71. The molecule has 1 aromatic carbocycles. The number of carbonyl (C=O) groups excluding carboxylic acids is 1. The van der Waals surface area contributed by atoms with Gasteiger partial charge in [0.25, 0.3) is 0 Å². The van der Waals surface area contributed by atoms with Crippen molar-refractivity contribution >= 4 is 23.2 Å². The van der Waals surface area contributed by atoms with Gasteiger partial charge in [0, 0.05) is 5.56 Å². The summed E-state index contributed by atoms with van der Waals surface area (Å²) in [6, 6.07) is 1.13. The van der Waals surface area contributed by atoms with E-state index in [2.05, 4.69) is 0 Å². The minimum atomic E-state index is -0.722. The zero-order valence-corrected chi connectivity index (χ0v) is 7.65. The average Bonchev–Trinajstić information content (AvgIpc) is 2.07. The summed E-state index contributed by atoms with van der Waals surface area (Å²) in [5.41, 5.74) is 10.3. The smallest absolute Gasteiger partial charge is 0.250 e. The summed E-state index contributed by atoms with van der Waals surface area (Å²) in [5.74, 6) is -1.34. The molecule has 3 nitrogen and oxygen atoms in total. The average molecular weight is 203 g/mol. The lowest BCUT2D eigenvalue weighted by molar-refractivity contribution is 0.100. The highest BCUT2D eigenvalue weighted by Gasteiger charge is 2.14. The number of amides is 1. The quantitative estimate of drug-likeness (QED) is 0.677. The Morgan fingerprint density at radius 3 is 2.62 bits per heavy atom. The van der Waals surface area contributed by atoms with Crippen LogP contribution >= 0.6 is 11.6 Å². The molecule has 0 atom stereocenters. The second-order valence-electron chi connectivity index (χ2n) is 2.63. The highest BCUT2D eigenvalue weighted by Crippen LogP contribution is 2.27. The number of nitrogen functional groups attached to an aromatic ring is 1. The van der Waals surface area contributed by atoms with E-state index < -0.39 is 11.7 Å². The molecule has 0 aliphatic carbocycles. The second-order valence-corrected chi connectivity index (χ2v) is 3.01. The van der Waals surface area contributed by atoms with Gasteiger partial charge in [-0.25, -0.2) is 4.39 Å². The molecule has 0 aliphatic rings. The van der Waals surface area contributed by atoms with Crippen molar-refractivity contribution in [3.63, 3.8) is 0 Å². The Morgan fingerprint density at radius 2 is 2.15 bits per heavy atom. The lowest BCUT2D eigenvalue weighted by atomic mass is 10.1. The van der Waals surface area contributed by atoms with Crippen molar-refractivity contribution in [3.8, 4) is 0 Å². The van der Waals surface area contributed by atoms with Crippen LogP contribution in [0, 0.1) is 12.7 Å². The first-order valence-corrected chi connectivity index (χ1v) is 3.86. The third-order valence-corrected chi connectivity index (χ3v) is 2.20. The van der Waals surface area contributed by atoms with Gasteiger partial charge in [0.2, 0.25) is 5.91 Å². The molecule has 1 rings (SSSR count). The number of rotatable bonds is 1. The summed E-state index contributed by atoms with van der Waals surface area (Å²) < 4.78 is 13.1. The molecule has 0 heterocycles. The van der Waals surface area contributed by atoms with Crippen LogP contribution < -0.4 is 11.5 Å². The fraction of sp³-hybridized carbons (Fsp3) is 0.125. The Kier molecular flexibility index (Phi) is 2.43. The lowest BCUT2D eigenvalue weighted by Crippen LogP contribution is -2.13. The molecule has 13 heavy (non-hydrogen) atoms. The van der Waals surface area contributed by atoms with Crippen LogP contribution in [0.4, 0.5) is 10.1 Å². The molecule has 0 radical (unpaired) electrons. The number of primary amides is 1. The third kappa shape index (κ3) is 1.58. The van der Waals surface area contributed by atoms with Gasteiger partial charge in [-0.3, -0.25) is 4.79 Å². The molecule has 5 heteroatoms. The monoisotopic (exact) mass is 202 g/mol. The summed E-state index contributed by atoms with van der Waals surface area (Å²) in [7, 11) is 0. The SMILES string of the molecule is Cc1c(F)c(N)cc(C(N)=O)c1Cl. The highest BCUT2D eigenvalue weighted by molar-refractivity contribution is 6.34. The molecule has 4 N–H and O–H groups in total. The Bertz CT molecular complexity index is 379. The molecule has 0 spiro atoms. The van der Waals surface area contributed by atoms with E-state index in [-0.39, 0.29) is 21.8 Å². The van der Waals surface area contributed by atoms with Gasteiger partial charge in [0.15, 0.2) is 5.82 Å². The molecule has 0 unspecified atom stereocenters. The van der Waals surface area contributed by atoms with Gasteiger partial charge in [0.1, 0.15) is 0 Å². The predicted molar refractivity (Wildman–Crippen MR) is 49.1 cm³/mol. The van der Waals surface area contributed by atoms with E-state index in [1.807, 2.05) is 0 Å². The van der Waals surface area contributed by atoms with E-state index >= 15 is 0 Å². The van der Waals surface area contributed by atoms with E-state index in [1.165, 1.54) is 6.92 Å². The van der Waals surface area contributed by atoms with Gasteiger partial charge >= 0.3 is 0 Å². The van der Waals surface area contributed by atoms with E-state index in [4.69, 9.17) is 23.1 Å². The fourth-order valence-electron chi connectivity index (χ4n) is 0.976. The van der Waals surface area contributed by atoms with Crippen LogP contribution in [0.2, 0.25) is 5.02 Å². The number of nitrogens with two attached hydrogens (primary N) is 2. The first kappa shape index (κ1) is 9.80. The van der Waals surface area contributed by atoms with Crippen molar-refractivity contribution in [3.05, 3.63) is 28.0 Å². The van der Waals surface area contributed by atoms with Gasteiger partial charge < -0.3 is 11.5 Å². The minimum Gasteiger partial charge on any atom is -0.396 e. The summed E-state index contributed by atoms with van der Waals surface area (Å²) >= 11 is 5.67. The van der Waals surface area contributed by atoms with Crippen molar-refractivity contribution in [2.24, 2.45) is 5.73 Å². The topological polar surface area (TPSA) is 69.1 Å². The Hall–Kier alpha value is -1.29. The van der Waals surface area contributed by atoms with Crippen molar-refractivity contribution in [2.45, 2.75) is 6.92 Å². The molecule has 0 saturated heterocycles. The molecule has 1 aromatic rings.